The highest BCUT2D eigenvalue weighted by Crippen LogP contribution is 2.34. The van der Waals surface area contributed by atoms with E-state index in [0.717, 1.165) is 30.6 Å². The zero-order valence-electron chi connectivity index (χ0n) is 15.9. The summed E-state index contributed by atoms with van der Waals surface area (Å²) >= 11 is 1.36. The van der Waals surface area contributed by atoms with Crippen molar-refractivity contribution >= 4 is 33.9 Å². The van der Waals surface area contributed by atoms with E-state index < -0.39 is 0 Å². The second-order valence-electron chi connectivity index (χ2n) is 7.51. The van der Waals surface area contributed by atoms with Crippen LogP contribution in [0.4, 0.5) is 5.69 Å². The number of aromatic nitrogens is 2. The lowest BCUT2D eigenvalue weighted by atomic mass is 10.2. The molecule has 0 spiro atoms. The lowest BCUT2D eigenvalue weighted by Crippen LogP contribution is -2.29. The molecule has 4 rings (SSSR count). The SMILES string of the molecule is CC(C)CN(C)C(=O)c1cnc(-c2noc3cc(N4CCCC4)ccc23)s1. The normalized spacial score (nSPS) is 14.4. The summed E-state index contributed by atoms with van der Waals surface area (Å²) in [5.74, 6) is 0.423. The van der Waals surface area contributed by atoms with Gasteiger partial charge in [0.2, 0.25) is 0 Å². The van der Waals surface area contributed by atoms with Gasteiger partial charge < -0.3 is 14.3 Å². The first kappa shape index (κ1) is 18.0. The monoisotopic (exact) mass is 384 g/mol. The molecule has 0 bridgehead atoms. The van der Waals surface area contributed by atoms with Crippen LogP contribution in [0.1, 0.15) is 36.4 Å². The van der Waals surface area contributed by atoms with E-state index in [0.29, 0.717) is 21.5 Å². The average molecular weight is 385 g/mol. The molecule has 0 N–H and O–H groups in total. The van der Waals surface area contributed by atoms with E-state index in [4.69, 9.17) is 4.52 Å². The van der Waals surface area contributed by atoms with Gasteiger partial charge in [-0.25, -0.2) is 4.98 Å². The molecule has 6 nitrogen and oxygen atoms in total. The van der Waals surface area contributed by atoms with E-state index in [2.05, 4.69) is 35.0 Å². The number of amides is 1. The van der Waals surface area contributed by atoms with Gasteiger partial charge in [0.1, 0.15) is 15.6 Å². The molecule has 0 atom stereocenters. The summed E-state index contributed by atoms with van der Waals surface area (Å²) in [7, 11) is 1.83. The molecule has 1 aromatic carbocycles. The molecule has 0 unspecified atom stereocenters. The standard InChI is InChI=1S/C20H24N4O2S/c1-13(2)12-23(3)20(25)17-11-21-19(27-17)18-15-7-6-14(10-16(15)26-22-18)24-8-4-5-9-24/h6-7,10-11,13H,4-5,8-9,12H2,1-3H3. The van der Waals surface area contributed by atoms with Crippen molar-refractivity contribution in [2.24, 2.45) is 5.92 Å². The summed E-state index contributed by atoms with van der Waals surface area (Å²) in [5.41, 5.74) is 2.64. The van der Waals surface area contributed by atoms with Crippen LogP contribution >= 0.6 is 11.3 Å². The summed E-state index contributed by atoms with van der Waals surface area (Å²) in [6.07, 6.45) is 4.11. The first-order valence-corrected chi connectivity index (χ1v) is 10.2. The van der Waals surface area contributed by atoms with Crippen molar-refractivity contribution in [1.82, 2.24) is 15.0 Å². The molecule has 0 aliphatic carbocycles. The lowest BCUT2D eigenvalue weighted by Gasteiger charge is -2.18. The van der Waals surface area contributed by atoms with E-state index in [-0.39, 0.29) is 5.91 Å². The largest absolute Gasteiger partial charge is 0.371 e. The molecule has 7 heteroatoms. The van der Waals surface area contributed by atoms with E-state index in [9.17, 15) is 4.79 Å². The van der Waals surface area contributed by atoms with Crippen molar-refractivity contribution in [3.63, 3.8) is 0 Å². The van der Waals surface area contributed by atoms with E-state index >= 15 is 0 Å². The van der Waals surface area contributed by atoms with Crippen molar-refractivity contribution in [1.29, 1.82) is 0 Å². The molecule has 1 aliphatic heterocycles. The van der Waals surface area contributed by atoms with Gasteiger partial charge in [0.25, 0.3) is 5.91 Å². The predicted octanol–water partition coefficient (Wildman–Crippen LogP) is 4.28. The Balaban J connectivity index is 1.59. The van der Waals surface area contributed by atoms with Gasteiger partial charge in [-0.2, -0.15) is 0 Å². The Morgan fingerprint density at radius 3 is 2.85 bits per heavy atom. The van der Waals surface area contributed by atoms with E-state index in [1.54, 1.807) is 11.1 Å². The van der Waals surface area contributed by atoms with Gasteiger partial charge in [-0.3, -0.25) is 4.79 Å². The quantitative estimate of drug-likeness (QED) is 0.657. The number of anilines is 1. The van der Waals surface area contributed by atoms with Crippen LogP contribution in [0.3, 0.4) is 0 Å². The number of hydrogen-bond acceptors (Lipinski definition) is 6. The second kappa shape index (κ2) is 7.31. The van der Waals surface area contributed by atoms with Gasteiger partial charge in [-0.05, 0) is 30.9 Å². The van der Waals surface area contributed by atoms with Crippen molar-refractivity contribution in [2.45, 2.75) is 26.7 Å². The molecule has 142 valence electrons. The summed E-state index contributed by atoms with van der Waals surface area (Å²) in [5, 5.41) is 5.87. The summed E-state index contributed by atoms with van der Waals surface area (Å²) in [4.78, 5) is 21.7. The number of rotatable bonds is 5. The van der Waals surface area contributed by atoms with E-state index in [1.807, 2.05) is 19.2 Å². The summed E-state index contributed by atoms with van der Waals surface area (Å²) < 4.78 is 5.57. The lowest BCUT2D eigenvalue weighted by molar-refractivity contribution is 0.0783. The van der Waals surface area contributed by atoms with Crippen LogP contribution in [-0.4, -0.2) is 47.6 Å². The number of nitrogens with zero attached hydrogens (tertiary/aromatic N) is 4. The van der Waals surface area contributed by atoms with Crippen molar-refractivity contribution in [3.8, 4) is 10.7 Å². The van der Waals surface area contributed by atoms with Crippen LogP contribution in [0.25, 0.3) is 21.7 Å². The van der Waals surface area contributed by atoms with Gasteiger partial charge in [-0.15, -0.1) is 11.3 Å². The van der Waals surface area contributed by atoms with Gasteiger partial charge in [-0.1, -0.05) is 19.0 Å². The maximum Gasteiger partial charge on any atom is 0.265 e. The van der Waals surface area contributed by atoms with Crippen LogP contribution in [0.5, 0.6) is 0 Å². The number of carbonyl (C=O) groups is 1. The third kappa shape index (κ3) is 3.56. The van der Waals surface area contributed by atoms with Crippen molar-refractivity contribution in [3.05, 3.63) is 29.3 Å². The Morgan fingerprint density at radius 2 is 2.11 bits per heavy atom. The molecule has 1 fully saturated rings. The highest BCUT2D eigenvalue weighted by atomic mass is 32.1. The predicted molar refractivity (Wildman–Crippen MR) is 108 cm³/mol. The molecule has 1 saturated heterocycles. The first-order valence-electron chi connectivity index (χ1n) is 9.39. The molecule has 1 amide bonds. The summed E-state index contributed by atoms with van der Waals surface area (Å²) in [6, 6.07) is 6.21. The van der Waals surface area contributed by atoms with Crippen LogP contribution in [0.2, 0.25) is 0 Å². The minimum atomic E-state index is -0.00318. The molecule has 0 radical (unpaired) electrons. The van der Waals surface area contributed by atoms with Gasteiger partial charge in [0, 0.05) is 38.4 Å². The molecule has 1 aliphatic rings. The van der Waals surface area contributed by atoms with Crippen molar-refractivity contribution < 1.29 is 9.32 Å². The number of thiazole rings is 1. The topological polar surface area (TPSA) is 62.5 Å². The molecule has 2 aromatic heterocycles. The fraction of sp³-hybridized carbons (Fsp3) is 0.450. The Morgan fingerprint density at radius 1 is 1.33 bits per heavy atom. The Hall–Kier alpha value is -2.41. The van der Waals surface area contributed by atoms with Gasteiger partial charge in [0.15, 0.2) is 5.58 Å². The number of carbonyl (C=O) groups excluding carboxylic acids is 1. The Kier molecular flexibility index (Phi) is 4.86. The maximum atomic E-state index is 12.6. The van der Waals surface area contributed by atoms with Gasteiger partial charge >= 0.3 is 0 Å². The van der Waals surface area contributed by atoms with Crippen LogP contribution in [0, 0.1) is 5.92 Å². The highest BCUT2D eigenvalue weighted by Gasteiger charge is 2.20. The van der Waals surface area contributed by atoms with Crippen LogP contribution in [-0.2, 0) is 0 Å². The Labute approximate surface area is 162 Å². The fourth-order valence-corrected chi connectivity index (χ4v) is 4.46. The number of benzene rings is 1. The van der Waals surface area contributed by atoms with E-state index in [1.165, 1.54) is 29.9 Å². The molecular weight excluding hydrogens is 360 g/mol. The number of hydrogen-bond donors (Lipinski definition) is 0. The summed E-state index contributed by atoms with van der Waals surface area (Å²) in [6.45, 7) is 7.10. The minimum Gasteiger partial charge on any atom is -0.371 e. The maximum absolute atomic E-state index is 12.6. The van der Waals surface area contributed by atoms with Crippen LogP contribution < -0.4 is 4.90 Å². The zero-order chi connectivity index (χ0) is 19.0. The van der Waals surface area contributed by atoms with Gasteiger partial charge in [0.05, 0.1) is 11.6 Å². The zero-order valence-corrected chi connectivity index (χ0v) is 16.8. The molecule has 3 aromatic rings. The third-order valence-corrected chi connectivity index (χ3v) is 5.82. The first-order chi connectivity index (χ1) is 13.0. The molecule has 0 saturated carbocycles. The number of fused-ring (bicyclic) bond motifs is 1. The smallest absolute Gasteiger partial charge is 0.265 e. The third-order valence-electron chi connectivity index (χ3n) is 4.83. The second-order valence-corrected chi connectivity index (χ2v) is 8.55. The molecular formula is C20H24N4O2S. The van der Waals surface area contributed by atoms with Crippen molar-refractivity contribution in [2.75, 3.05) is 31.6 Å². The molecule has 3 heterocycles. The average Bonchev–Trinajstić information content (AvgIpc) is 3.38. The molecule has 27 heavy (non-hydrogen) atoms. The highest BCUT2D eigenvalue weighted by molar-refractivity contribution is 7.17. The Bertz CT molecular complexity index is 956. The fourth-order valence-electron chi connectivity index (χ4n) is 3.55. The minimum absolute atomic E-state index is 0.00318. The van der Waals surface area contributed by atoms with Crippen LogP contribution in [0.15, 0.2) is 28.9 Å².